The number of hydrazine groups is 1. The largest absolute Gasteiger partial charge is 0.497 e. The number of benzene rings is 2. The first-order chi connectivity index (χ1) is 12.4. The lowest BCUT2D eigenvalue weighted by atomic mass is 10.2. The number of carbonyl (C=O) groups excluding carboxylic acids is 1. The minimum absolute atomic E-state index is 0.0142. The number of carbonyl (C=O) groups is 1. The Labute approximate surface area is 152 Å². The Bertz CT molecular complexity index is 859. The molecule has 8 heteroatoms. The molecule has 2 aromatic carbocycles. The fourth-order valence-corrected chi connectivity index (χ4v) is 2.83. The molecule has 1 amide bonds. The standard InChI is InChI=1S/C18H20N2O5S/c1-3-25-16-9-11-17(12-10-16)26(22,23)20-19-18(21)13-6-14-4-7-15(24-2)8-5-14/h4-13,20H,3H2,1-2H3,(H,19,21)/b13-6+. The van der Waals surface area contributed by atoms with Gasteiger partial charge in [0.15, 0.2) is 0 Å². The maximum atomic E-state index is 12.1. The van der Waals surface area contributed by atoms with E-state index >= 15 is 0 Å². The summed E-state index contributed by atoms with van der Waals surface area (Å²) in [4.78, 5) is 13.8. The van der Waals surface area contributed by atoms with Gasteiger partial charge in [-0.3, -0.25) is 10.2 Å². The van der Waals surface area contributed by atoms with E-state index in [-0.39, 0.29) is 4.90 Å². The van der Waals surface area contributed by atoms with Crippen LogP contribution in [-0.4, -0.2) is 28.0 Å². The zero-order valence-electron chi connectivity index (χ0n) is 14.4. The second kappa shape index (κ2) is 9.02. The van der Waals surface area contributed by atoms with Crippen molar-refractivity contribution >= 4 is 22.0 Å². The molecule has 0 radical (unpaired) electrons. The number of amides is 1. The van der Waals surface area contributed by atoms with Crippen molar-refractivity contribution in [1.29, 1.82) is 0 Å². The van der Waals surface area contributed by atoms with Gasteiger partial charge in [-0.1, -0.05) is 12.1 Å². The van der Waals surface area contributed by atoms with E-state index < -0.39 is 15.9 Å². The fraction of sp³-hybridized carbons (Fsp3) is 0.167. The first-order valence-corrected chi connectivity index (χ1v) is 9.29. The summed E-state index contributed by atoms with van der Waals surface area (Å²) in [6.07, 6.45) is 2.78. The normalized spacial score (nSPS) is 11.3. The molecule has 0 fully saturated rings. The van der Waals surface area contributed by atoms with Crippen molar-refractivity contribution in [3.8, 4) is 11.5 Å². The Morgan fingerprint density at radius 3 is 2.23 bits per heavy atom. The van der Waals surface area contributed by atoms with E-state index in [4.69, 9.17) is 9.47 Å². The number of methoxy groups -OCH3 is 1. The lowest BCUT2D eigenvalue weighted by Crippen LogP contribution is -2.40. The third-order valence-corrected chi connectivity index (χ3v) is 4.56. The van der Waals surface area contributed by atoms with Crippen molar-refractivity contribution in [2.24, 2.45) is 0 Å². The Balaban J connectivity index is 1.93. The summed E-state index contributed by atoms with van der Waals surface area (Å²) in [7, 11) is -2.30. The van der Waals surface area contributed by atoms with E-state index in [1.54, 1.807) is 49.6 Å². The molecule has 0 aromatic heterocycles. The SMILES string of the molecule is CCOc1ccc(S(=O)(=O)NNC(=O)/C=C/c2ccc(OC)cc2)cc1. The van der Waals surface area contributed by atoms with E-state index in [0.29, 0.717) is 18.1 Å². The zero-order chi connectivity index (χ0) is 19.0. The number of hydrogen-bond acceptors (Lipinski definition) is 5. The molecule has 0 atom stereocenters. The minimum Gasteiger partial charge on any atom is -0.497 e. The van der Waals surface area contributed by atoms with Gasteiger partial charge in [0, 0.05) is 6.08 Å². The predicted molar refractivity (Wildman–Crippen MR) is 98.1 cm³/mol. The van der Waals surface area contributed by atoms with Crippen LogP contribution < -0.4 is 19.7 Å². The molecule has 0 aliphatic heterocycles. The molecule has 0 saturated heterocycles. The van der Waals surface area contributed by atoms with E-state index in [0.717, 1.165) is 5.56 Å². The van der Waals surface area contributed by atoms with Crippen molar-refractivity contribution in [1.82, 2.24) is 10.3 Å². The van der Waals surface area contributed by atoms with Gasteiger partial charge in [-0.2, -0.15) is 0 Å². The smallest absolute Gasteiger partial charge is 0.258 e. The highest BCUT2D eigenvalue weighted by molar-refractivity contribution is 7.89. The minimum atomic E-state index is -3.87. The molecule has 2 rings (SSSR count). The molecule has 138 valence electrons. The van der Waals surface area contributed by atoms with Crippen LogP contribution in [0.3, 0.4) is 0 Å². The molecule has 0 saturated carbocycles. The van der Waals surface area contributed by atoms with E-state index in [2.05, 4.69) is 5.43 Å². The van der Waals surface area contributed by atoms with Gasteiger partial charge in [-0.25, -0.2) is 8.42 Å². The van der Waals surface area contributed by atoms with Gasteiger partial charge in [-0.15, -0.1) is 4.83 Å². The molecule has 0 aliphatic rings. The second-order valence-electron chi connectivity index (χ2n) is 5.11. The molecular formula is C18H20N2O5S. The molecule has 2 N–H and O–H groups in total. The summed E-state index contributed by atoms with van der Waals surface area (Å²) in [5.74, 6) is 0.669. The highest BCUT2D eigenvalue weighted by Crippen LogP contribution is 2.15. The van der Waals surface area contributed by atoms with Crippen LogP contribution in [0.25, 0.3) is 6.08 Å². The van der Waals surface area contributed by atoms with Crippen LogP contribution in [0.4, 0.5) is 0 Å². The van der Waals surface area contributed by atoms with Crippen LogP contribution in [0.2, 0.25) is 0 Å². The van der Waals surface area contributed by atoms with Crippen molar-refractivity contribution in [3.63, 3.8) is 0 Å². The average molecular weight is 376 g/mol. The van der Waals surface area contributed by atoms with Crippen LogP contribution in [0.5, 0.6) is 11.5 Å². The highest BCUT2D eigenvalue weighted by atomic mass is 32.2. The molecule has 0 bridgehead atoms. The number of ether oxygens (including phenoxy) is 2. The topological polar surface area (TPSA) is 93.7 Å². The Morgan fingerprint density at radius 2 is 1.65 bits per heavy atom. The summed E-state index contributed by atoms with van der Waals surface area (Å²) >= 11 is 0. The van der Waals surface area contributed by atoms with Crippen LogP contribution >= 0.6 is 0 Å². The van der Waals surface area contributed by atoms with Crippen LogP contribution in [-0.2, 0) is 14.8 Å². The maximum absolute atomic E-state index is 12.1. The van der Waals surface area contributed by atoms with Gasteiger partial charge in [-0.05, 0) is 55.0 Å². The molecular weight excluding hydrogens is 356 g/mol. The van der Waals surface area contributed by atoms with Crippen molar-refractivity contribution in [3.05, 3.63) is 60.2 Å². The van der Waals surface area contributed by atoms with Crippen LogP contribution in [0, 0.1) is 0 Å². The van der Waals surface area contributed by atoms with Crippen molar-refractivity contribution in [2.75, 3.05) is 13.7 Å². The third kappa shape index (κ3) is 5.61. The fourth-order valence-electron chi connectivity index (χ4n) is 1.99. The van der Waals surface area contributed by atoms with E-state index in [9.17, 15) is 13.2 Å². The van der Waals surface area contributed by atoms with Gasteiger partial charge < -0.3 is 9.47 Å². The molecule has 0 unspecified atom stereocenters. The molecule has 0 spiro atoms. The highest BCUT2D eigenvalue weighted by Gasteiger charge is 2.14. The third-order valence-electron chi connectivity index (χ3n) is 3.30. The second-order valence-corrected chi connectivity index (χ2v) is 6.79. The molecule has 26 heavy (non-hydrogen) atoms. The summed E-state index contributed by atoms with van der Waals surface area (Å²) in [6, 6.07) is 12.9. The maximum Gasteiger partial charge on any atom is 0.258 e. The van der Waals surface area contributed by atoms with Crippen LogP contribution in [0.15, 0.2) is 59.5 Å². The summed E-state index contributed by atoms with van der Waals surface area (Å²) in [6.45, 7) is 2.32. The van der Waals surface area contributed by atoms with E-state index in [1.807, 2.05) is 11.8 Å². The zero-order valence-corrected chi connectivity index (χ0v) is 15.2. The molecule has 2 aromatic rings. The first-order valence-electron chi connectivity index (χ1n) is 7.81. The number of rotatable bonds is 8. The van der Waals surface area contributed by atoms with Gasteiger partial charge in [0.2, 0.25) is 0 Å². The quantitative estimate of drug-likeness (QED) is 0.544. The molecule has 7 nitrogen and oxygen atoms in total. The monoisotopic (exact) mass is 376 g/mol. The van der Waals surface area contributed by atoms with Gasteiger partial charge in [0.1, 0.15) is 11.5 Å². The van der Waals surface area contributed by atoms with Crippen molar-refractivity contribution in [2.45, 2.75) is 11.8 Å². The van der Waals surface area contributed by atoms with Crippen molar-refractivity contribution < 1.29 is 22.7 Å². The lowest BCUT2D eigenvalue weighted by Gasteiger charge is -2.08. The lowest BCUT2D eigenvalue weighted by molar-refractivity contribution is -0.116. The molecule has 0 aliphatic carbocycles. The summed E-state index contributed by atoms with van der Waals surface area (Å²) < 4.78 is 34.6. The number of sulfonamides is 1. The Hall–Kier alpha value is -2.84. The van der Waals surface area contributed by atoms with Gasteiger partial charge >= 0.3 is 0 Å². The van der Waals surface area contributed by atoms with Gasteiger partial charge in [0.25, 0.3) is 15.9 Å². The van der Waals surface area contributed by atoms with Crippen LogP contribution in [0.1, 0.15) is 12.5 Å². The van der Waals surface area contributed by atoms with E-state index in [1.165, 1.54) is 18.2 Å². The van der Waals surface area contributed by atoms with Gasteiger partial charge in [0.05, 0.1) is 18.6 Å². The predicted octanol–water partition coefficient (Wildman–Crippen LogP) is 2.12. The summed E-state index contributed by atoms with van der Waals surface area (Å²) in [5.41, 5.74) is 2.91. The average Bonchev–Trinajstić information content (AvgIpc) is 2.66. The Kier molecular flexibility index (Phi) is 6.76. The summed E-state index contributed by atoms with van der Waals surface area (Å²) in [5, 5.41) is 0. The number of hydrogen-bond donors (Lipinski definition) is 2. The Morgan fingerprint density at radius 1 is 1.04 bits per heavy atom. The molecule has 0 heterocycles. The first kappa shape index (κ1) is 19.5. The number of nitrogens with one attached hydrogen (secondary N) is 2.